The zero-order valence-electron chi connectivity index (χ0n) is 11.7. The second-order valence-corrected chi connectivity index (χ2v) is 5.20. The lowest BCUT2D eigenvalue weighted by Gasteiger charge is -2.33. The summed E-state index contributed by atoms with van der Waals surface area (Å²) in [7, 11) is 1.62. The molecule has 2 N–H and O–H groups in total. The van der Waals surface area contributed by atoms with E-state index in [1.807, 2.05) is 12.1 Å². The second kappa shape index (κ2) is 5.25. The molecule has 0 radical (unpaired) electrons. The summed E-state index contributed by atoms with van der Waals surface area (Å²) in [5.74, 6) is 0.361. The van der Waals surface area contributed by atoms with Crippen LogP contribution in [0.25, 0.3) is 0 Å². The lowest BCUT2D eigenvalue weighted by molar-refractivity contribution is -0.155. The van der Waals surface area contributed by atoms with Gasteiger partial charge in [-0.05, 0) is 17.7 Å². The molecule has 1 aromatic carbocycles. The van der Waals surface area contributed by atoms with Crippen LogP contribution >= 0.6 is 0 Å². The lowest BCUT2D eigenvalue weighted by Crippen LogP contribution is -2.54. The predicted octanol–water partition coefficient (Wildman–Crippen LogP) is -0.284. The minimum atomic E-state index is -0.500. The Morgan fingerprint density at radius 2 is 1.95 bits per heavy atom. The fraction of sp³-hybridized carbons (Fsp3) is 0.429. The van der Waals surface area contributed by atoms with Gasteiger partial charge in [0.05, 0.1) is 0 Å². The number of fused-ring (bicyclic) bond motifs is 1. The number of piperazine rings is 1. The maximum atomic E-state index is 11.9. The number of carbonyl (C=O) groups excluding carboxylic acids is 2. The summed E-state index contributed by atoms with van der Waals surface area (Å²) in [6, 6.07) is 5.09. The van der Waals surface area contributed by atoms with Crippen molar-refractivity contribution in [2.75, 3.05) is 33.5 Å². The molecular formula is C14H17N3O4. The van der Waals surface area contributed by atoms with E-state index in [2.05, 4.69) is 0 Å². The summed E-state index contributed by atoms with van der Waals surface area (Å²) in [6.07, 6.45) is 0. The van der Waals surface area contributed by atoms with Crippen LogP contribution in [0.3, 0.4) is 0 Å². The average Bonchev–Trinajstić information content (AvgIpc) is 2.95. The minimum Gasteiger partial charge on any atom is -0.454 e. The molecule has 7 heteroatoms. The Balaban J connectivity index is 1.70. The number of benzene rings is 1. The second-order valence-electron chi connectivity index (χ2n) is 5.20. The molecule has 0 bridgehead atoms. The third kappa shape index (κ3) is 2.52. The minimum absolute atomic E-state index is 0.208. The summed E-state index contributed by atoms with van der Waals surface area (Å²) < 4.78 is 10.6. The molecule has 2 amide bonds. The first-order valence-corrected chi connectivity index (χ1v) is 6.76. The Labute approximate surface area is 122 Å². The number of carbonyl (C=O) groups is 2. The molecule has 0 aromatic heterocycles. The Bertz CT molecular complexity index is 590. The van der Waals surface area contributed by atoms with Crippen molar-refractivity contribution in [1.29, 1.82) is 0 Å². The topological polar surface area (TPSA) is 85.1 Å². The highest BCUT2D eigenvalue weighted by Crippen LogP contribution is 2.33. The van der Waals surface area contributed by atoms with Gasteiger partial charge in [-0.25, -0.2) is 0 Å². The van der Waals surface area contributed by atoms with E-state index in [9.17, 15) is 9.59 Å². The van der Waals surface area contributed by atoms with Crippen LogP contribution in [0.1, 0.15) is 11.6 Å². The maximum absolute atomic E-state index is 11.9. The normalized spacial score (nSPS) is 19.1. The zero-order chi connectivity index (χ0) is 15.0. The molecule has 1 unspecified atom stereocenters. The summed E-state index contributed by atoms with van der Waals surface area (Å²) in [5, 5.41) is 0. The molecule has 1 atom stereocenters. The van der Waals surface area contributed by atoms with Crippen molar-refractivity contribution in [2.24, 2.45) is 5.73 Å². The molecule has 112 valence electrons. The van der Waals surface area contributed by atoms with Gasteiger partial charge in [-0.15, -0.1) is 0 Å². The van der Waals surface area contributed by atoms with Crippen LogP contribution in [0.2, 0.25) is 0 Å². The van der Waals surface area contributed by atoms with Crippen molar-refractivity contribution in [1.82, 2.24) is 9.80 Å². The number of amides is 2. The van der Waals surface area contributed by atoms with Crippen LogP contribution in [0.15, 0.2) is 18.2 Å². The molecule has 0 saturated carbocycles. The van der Waals surface area contributed by atoms with Crippen molar-refractivity contribution in [2.45, 2.75) is 6.04 Å². The van der Waals surface area contributed by atoms with Gasteiger partial charge >= 0.3 is 11.8 Å². The van der Waals surface area contributed by atoms with Crippen molar-refractivity contribution in [3.63, 3.8) is 0 Å². The summed E-state index contributed by atoms with van der Waals surface area (Å²) >= 11 is 0. The number of ether oxygens (including phenoxy) is 2. The molecule has 1 saturated heterocycles. The van der Waals surface area contributed by atoms with Gasteiger partial charge in [-0.3, -0.25) is 9.59 Å². The Hall–Kier alpha value is -2.28. The third-order valence-electron chi connectivity index (χ3n) is 3.76. The molecule has 1 aromatic rings. The van der Waals surface area contributed by atoms with Gasteiger partial charge < -0.3 is 25.0 Å². The van der Waals surface area contributed by atoms with E-state index in [-0.39, 0.29) is 12.8 Å². The van der Waals surface area contributed by atoms with E-state index in [1.165, 1.54) is 9.80 Å². The van der Waals surface area contributed by atoms with Crippen molar-refractivity contribution in [3.05, 3.63) is 23.8 Å². The Morgan fingerprint density at radius 3 is 2.76 bits per heavy atom. The molecule has 3 rings (SSSR count). The van der Waals surface area contributed by atoms with Crippen molar-refractivity contribution < 1.29 is 19.1 Å². The number of nitrogens with two attached hydrogens (primary N) is 1. The first kappa shape index (κ1) is 13.7. The largest absolute Gasteiger partial charge is 0.454 e. The maximum Gasteiger partial charge on any atom is 0.312 e. The van der Waals surface area contributed by atoms with Gasteiger partial charge in [0.25, 0.3) is 0 Å². The first-order valence-electron chi connectivity index (χ1n) is 6.76. The van der Waals surface area contributed by atoms with E-state index < -0.39 is 11.8 Å². The van der Waals surface area contributed by atoms with Gasteiger partial charge in [0.1, 0.15) is 0 Å². The molecule has 2 aliphatic heterocycles. The summed E-state index contributed by atoms with van der Waals surface area (Å²) in [4.78, 5) is 26.5. The van der Waals surface area contributed by atoms with Gasteiger partial charge in [-0.1, -0.05) is 6.07 Å². The smallest absolute Gasteiger partial charge is 0.312 e. The van der Waals surface area contributed by atoms with Gasteiger partial charge in [0.2, 0.25) is 6.79 Å². The third-order valence-corrected chi connectivity index (χ3v) is 3.76. The number of hydrogen-bond acceptors (Lipinski definition) is 5. The Morgan fingerprint density at radius 1 is 1.19 bits per heavy atom. The molecule has 0 aliphatic carbocycles. The fourth-order valence-corrected chi connectivity index (χ4v) is 2.43. The van der Waals surface area contributed by atoms with Crippen molar-refractivity contribution in [3.8, 4) is 11.5 Å². The highest BCUT2D eigenvalue weighted by atomic mass is 16.7. The van der Waals surface area contributed by atoms with E-state index >= 15 is 0 Å². The fourth-order valence-electron chi connectivity index (χ4n) is 2.43. The monoisotopic (exact) mass is 291 g/mol. The van der Waals surface area contributed by atoms with Crippen LogP contribution < -0.4 is 15.2 Å². The molecule has 2 heterocycles. The molecule has 1 fully saturated rings. The number of hydrogen-bond donors (Lipinski definition) is 1. The average molecular weight is 291 g/mol. The quantitative estimate of drug-likeness (QED) is 0.774. The van der Waals surface area contributed by atoms with Gasteiger partial charge in [-0.2, -0.15) is 0 Å². The SMILES string of the molecule is CN1CCN(CC(N)c2ccc3c(c2)OCO3)C(=O)C1=O. The van der Waals surface area contributed by atoms with Crippen molar-refractivity contribution >= 4 is 11.8 Å². The van der Waals surface area contributed by atoms with E-state index in [1.54, 1.807) is 13.1 Å². The van der Waals surface area contributed by atoms with E-state index in [4.69, 9.17) is 15.2 Å². The number of likely N-dealkylation sites (N-methyl/N-ethyl adjacent to an activating group) is 1. The van der Waals surface area contributed by atoms with Crippen LogP contribution in [0, 0.1) is 0 Å². The highest BCUT2D eigenvalue weighted by Gasteiger charge is 2.31. The van der Waals surface area contributed by atoms with E-state index in [0.717, 1.165) is 5.56 Å². The molecule has 2 aliphatic rings. The van der Waals surface area contributed by atoms with Crippen LogP contribution in [-0.2, 0) is 9.59 Å². The standard InChI is InChI=1S/C14H17N3O4/c1-16-4-5-17(14(19)13(16)18)7-10(15)9-2-3-11-12(6-9)21-8-20-11/h2-3,6,10H,4-5,7-8,15H2,1H3. The summed E-state index contributed by atoms with van der Waals surface area (Å²) in [6.45, 7) is 1.54. The van der Waals surface area contributed by atoms with Gasteiger partial charge in [0.15, 0.2) is 11.5 Å². The molecule has 0 spiro atoms. The number of rotatable bonds is 3. The highest BCUT2D eigenvalue weighted by molar-refractivity contribution is 6.35. The van der Waals surface area contributed by atoms with Gasteiger partial charge in [0, 0.05) is 32.7 Å². The predicted molar refractivity (Wildman–Crippen MR) is 73.7 cm³/mol. The molecular weight excluding hydrogens is 274 g/mol. The van der Waals surface area contributed by atoms with E-state index in [0.29, 0.717) is 31.1 Å². The first-order chi connectivity index (χ1) is 10.1. The molecule has 21 heavy (non-hydrogen) atoms. The van der Waals surface area contributed by atoms with Crippen LogP contribution in [-0.4, -0.2) is 55.1 Å². The number of nitrogens with zero attached hydrogens (tertiary/aromatic N) is 2. The zero-order valence-corrected chi connectivity index (χ0v) is 11.7. The molecule has 7 nitrogen and oxygen atoms in total. The Kier molecular flexibility index (Phi) is 3.42. The summed E-state index contributed by atoms with van der Waals surface area (Å²) in [5.41, 5.74) is 6.99. The van der Waals surface area contributed by atoms with Crippen LogP contribution in [0.4, 0.5) is 0 Å². The lowest BCUT2D eigenvalue weighted by atomic mass is 10.1. The van der Waals surface area contributed by atoms with Crippen LogP contribution in [0.5, 0.6) is 11.5 Å².